The van der Waals surface area contributed by atoms with Crippen LogP contribution in [0.25, 0.3) is 0 Å². The van der Waals surface area contributed by atoms with Crippen LogP contribution in [0.1, 0.15) is 142 Å². The highest BCUT2D eigenvalue weighted by molar-refractivity contribution is 7.47. The largest absolute Gasteiger partial charge is 0.480 e. The number of carbonyl (C=O) groups is 3. The van der Waals surface area contributed by atoms with Gasteiger partial charge in [0.2, 0.25) is 0 Å². The van der Waals surface area contributed by atoms with Crippen LogP contribution in [0.2, 0.25) is 0 Å². The van der Waals surface area contributed by atoms with Crippen molar-refractivity contribution in [1.29, 1.82) is 0 Å². The second-order valence-corrected chi connectivity index (χ2v) is 15.6. The summed E-state index contributed by atoms with van der Waals surface area (Å²) in [6.07, 6.45) is 42.9. The molecule has 0 aromatic rings. The van der Waals surface area contributed by atoms with Crippen molar-refractivity contribution in [3.63, 3.8) is 0 Å². The van der Waals surface area contributed by atoms with E-state index in [-0.39, 0.29) is 19.4 Å². The Labute approximate surface area is 342 Å². The Morgan fingerprint density at radius 2 is 1.16 bits per heavy atom. The van der Waals surface area contributed by atoms with Gasteiger partial charge in [0.05, 0.1) is 25.4 Å². The third-order valence-electron chi connectivity index (χ3n) is 8.84. The Morgan fingerprint density at radius 3 is 1.81 bits per heavy atom. The molecule has 13 heteroatoms. The minimum Gasteiger partial charge on any atom is -0.480 e. The molecule has 5 atom stereocenters. The van der Waals surface area contributed by atoms with Gasteiger partial charge in [-0.1, -0.05) is 119 Å². The molecule has 57 heavy (non-hydrogen) atoms. The van der Waals surface area contributed by atoms with Crippen LogP contribution < -0.4 is 5.73 Å². The summed E-state index contributed by atoms with van der Waals surface area (Å²) in [5, 5.41) is 8.88. The van der Waals surface area contributed by atoms with E-state index in [9.17, 15) is 23.8 Å². The van der Waals surface area contributed by atoms with Crippen LogP contribution in [0, 0.1) is 0 Å². The first kappa shape index (κ1) is 51.9. The lowest BCUT2D eigenvalue weighted by atomic mass is 10.1. The average molecular weight is 822 g/mol. The van der Waals surface area contributed by atoms with E-state index >= 15 is 0 Å². The lowest BCUT2D eigenvalue weighted by Crippen LogP contribution is -2.34. The van der Waals surface area contributed by atoms with Gasteiger partial charge in [0.15, 0.2) is 6.10 Å². The Hall–Kier alpha value is -3.12. The maximum Gasteiger partial charge on any atom is 0.472 e. The number of phosphoric ester groups is 1. The molecule has 0 aromatic carbocycles. The van der Waals surface area contributed by atoms with Crippen LogP contribution in [0.4, 0.5) is 0 Å². The fraction of sp³-hybridized carbons (Fsp3) is 0.659. The Balaban J connectivity index is 2.36. The first-order chi connectivity index (χ1) is 27.6. The molecule has 3 unspecified atom stereocenters. The number of esters is 2. The molecule has 12 nitrogen and oxygen atoms in total. The molecular weight excluding hydrogens is 749 g/mol. The second-order valence-electron chi connectivity index (χ2n) is 14.1. The molecule has 324 valence electrons. The van der Waals surface area contributed by atoms with E-state index in [0.29, 0.717) is 31.5 Å². The molecule has 0 amide bonds. The molecular formula is C44H72NO11P. The lowest BCUT2D eigenvalue weighted by molar-refractivity contribution is -0.161. The summed E-state index contributed by atoms with van der Waals surface area (Å²) >= 11 is 0. The van der Waals surface area contributed by atoms with E-state index in [1.54, 1.807) is 0 Å². The zero-order valence-corrected chi connectivity index (χ0v) is 35.5. The molecule has 1 aliphatic heterocycles. The molecule has 1 fully saturated rings. The standard InChI is InChI=1S/C44H72NO11P/c1-3-5-7-9-11-12-13-14-15-16-17-18-21-25-29-33-42(46)52-35-38(36-53-57(50,51)54-37-39(45)44(48)49)55-43(47)34-30-26-22-19-20-24-28-32-41-40(56-41)31-27-23-10-8-6-4-2/h5,7,11-12,14-15,19,22-24,27-28,38-41H,3-4,6,8-10,13,16-18,20-21,25-26,29-37,45H2,1-2H3,(H,48,49)(H,50,51)/b7-5-,12-11-,15-14-,22-19-,27-23-,28-24-/t38-,39+,40?,41?/m1/s1. The topological polar surface area (TPSA) is 184 Å². The van der Waals surface area contributed by atoms with Crippen LogP contribution >= 0.6 is 7.82 Å². The summed E-state index contributed by atoms with van der Waals surface area (Å²) in [6.45, 7) is 2.56. The van der Waals surface area contributed by atoms with Crippen molar-refractivity contribution in [1.82, 2.24) is 0 Å². The predicted octanol–water partition coefficient (Wildman–Crippen LogP) is 9.93. The van der Waals surface area contributed by atoms with Crippen LogP contribution in [0.3, 0.4) is 0 Å². The number of phosphoric acid groups is 1. The van der Waals surface area contributed by atoms with Gasteiger partial charge in [0, 0.05) is 12.8 Å². The van der Waals surface area contributed by atoms with E-state index in [2.05, 4.69) is 79.1 Å². The van der Waals surface area contributed by atoms with Gasteiger partial charge in [-0.15, -0.1) is 0 Å². The highest BCUT2D eigenvalue weighted by Gasteiger charge is 2.36. The molecule has 1 heterocycles. The van der Waals surface area contributed by atoms with Crippen molar-refractivity contribution in [2.24, 2.45) is 5.73 Å². The fourth-order valence-corrected chi connectivity index (χ4v) is 6.18. The number of hydrogen-bond acceptors (Lipinski definition) is 10. The zero-order chi connectivity index (χ0) is 41.8. The molecule has 0 aromatic heterocycles. The summed E-state index contributed by atoms with van der Waals surface area (Å²) in [5.74, 6) is -2.49. The molecule has 0 spiro atoms. The van der Waals surface area contributed by atoms with Gasteiger partial charge in [-0.2, -0.15) is 0 Å². The molecule has 0 saturated carbocycles. The van der Waals surface area contributed by atoms with Gasteiger partial charge in [0.1, 0.15) is 12.6 Å². The summed E-state index contributed by atoms with van der Waals surface area (Å²) in [5.41, 5.74) is 5.32. The molecule has 0 radical (unpaired) electrons. The van der Waals surface area contributed by atoms with Crippen LogP contribution in [0.15, 0.2) is 72.9 Å². The minimum absolute atomic E-state index is 0.0720. The normalized spacial score (nSPS) is 18.0. The maximum absolute atomic E-state index is 12.6. The first-order valence-electron chi connectivity index (χ1n) is 21.1. The highest BCUT2D eigenvalue weighted by Crippen LogP contribution is 2.43. The Kier molecular flexibility index (Phi) is 31.8. The van der Waals surface area contributed by atoms with E-state index in [1.807, 2.05) is 12.2 Å². The van der Waals surface area contributed by atoms with Gasteiger partial charge in [-0.05, 0) is 83.5 Å². The summed E-state index contributed by atoms with van der Waals surface area (Å²) in [6, 6.07) is -1.54. The van der Waals surface area contributed by atoms with Crippen molar-refractivity contribution >= 4 is 25.7 Å². The number of ether oxygens (including phenoxy) is 3. The minimum atomic E-state index is -4.74. The number of carboxylic acid groups (broad SMARTS) is 1. The Bertz CT molecular complexity index is 1310. The quantitative estimate of drug-likeness (QED) is 0.0177. The summed E-state index contributed by atoms with van der Waals surface area (Å²) in [7, 11) is -4.74. The number of carbonyl (C=O) groups excluding carboxylic acids is 2. The second kappa shape index (κ2) is 34.9. The van der Waals surface area contributed by atoms with Crippen molar-refractivity contribution in [3.8, 4) is 0 Å². The number of aliphatic carboxylic acids is 1. The monoisotopic (exact) mass is 821 g/mol. The van der Waals surface area contributed by atoms with Gasteiger partial charge >= 0.3 is 25.7 Å². The van der Waals surface area contributed by atoms with Crippen LogP contribution in [-0.2, 0) is 42.2 Å². The number of epoxide rings is 1. The third-order valence-corrected chi connectivity index (χ3v) is 9.79. The fourth-order valence-electron chi connectivity index (χ4n) is 5.41. The van der Waals surface area contributed by atoms with E-state index in [0.717, 1.165) is 77.0 Å². The first-order valence-corrected chi connectivity index (χ1v) is 22.6. The molecule has 4 N–H and O–H groups in total. The summed E-state index contributed by atoms with van der Waals surface area (Å²) < 4.78 is 38.3. The Morgan fingerprint density at radius 1 is 0.649 bits per heavy atom. The van der Waals surface area contributed by atoms with Gasteiger partial charge < -0.3 is 29.9 Å². The SMILES string of the molecule is CC/C=C\C/C=C\C/C=C\CCCCCCCC(=O)OC[C@H](COP(=O)(O)OC[C@H](N)C(=O)O)OC(=O)CCC/C=C\C/C=C\CC1OC1C/C=C\CCCCC. The van der Waals surface area contributed by atoms with Crippen molar-refractivity contribution < 1.29 is 52.2 Å². The number of hydrogen-bond donors (Lipinski definition) is 3. The maximum atomic E-state index is 12.6. The highest BCUT2D eigenvalue weighted by atomic mass is 31.2. The van der Waals surface area contributed by atoms with Crippen molar-refractivity contribution in [2.45, 2.75) is 167 Å². The third kappa shape index (κ3) is 32.5. The van der Waals surface area contributed by atoms with E-state index in [1.165, 1.54) is 19.3 Å². The molecule has 0 aliphatic carbocycles. The molecule has 1 aliphatic rings. The summed E-state index contributed by atoms with van der Waals surface area (Å²) in [4.78, 5) is 45.9. The smallest absolute Gasteiger partial charge is 0.472 e. The van der Waals surface area contributed by atoms with Gasteiger partial charge in [-0.25, -0.2) is 4.57 Å². The molecule has 0 bridgehead atoms. The van der Waals surface area contributed by atoms with Crippen LogP contribution in [-0.4, -0.2) is 72.1 Å². The van der Waals surface area contributed by atoms with E-state index < -0.39 is 51.1 Å². The molecule has 1 saturated heterocycles. The lowest BCUT2D eigenvalue weighted by Gasteiger charge is -2.20. The number of carboxylic acids is 1. The van der Waals surface area contributed by atoms with Crippen molar-refractivity contribution in [3.05, 3.63) is 72.9 Å². The number of nitrogens with two attached hydrogens (primary N) is 1. The van der Waals surface area contributed by atoms with E-state index in [4.69, 9.17) is 29.6 Å². The van der Waals surface area contributed by atoms with Gasteiger partial charge in [0.25, 0.3) is 0 Å². The molecule has 1 rings (SSSR count). The number of unbranched alkanes of at least 4 members (excludes halogenated alkanes) is 9. The van der Waals surface area contributed by atoms with Crippen LogP contribution in [0.5, 0.6) is 0 Å². The zero-order valence-electron chi connectivity index (χ0n) is 34.6. The number of rotatable bonds is 37. The number of allylic oxidation sites excluding steroid dienone is 10. The van der Waals surface area contributed by atoms with Crippen molar-refractivity contribution in [2.75, 3.05) is 19.8 Å². The van der Waals surface area contributed by atoms with Gasteiger partial charge in [-0.3, -0.25) is 23.4 Å². The average Bonchev–Trinajstić information content (AvgIpc) is 3.94. The predicted molar refractivity (Wildman–Crippen MR) is 225 cm³/mol.